The van der Waals surface area contributed by atoms with Crippen molar-refractivity contribution in [2.75, 3.05) is 33.0 Å². The molecule has 0 bridgehead atoms. The molecule has 4 nitrogen and oxygen atoms in total. The van der Waals surface area contributed by atoms with Crippen molar-refractivity contribution in [3.8, 4) is 5.75 Å². The summed E-state index contributed by atoms with van der Waals surface area (Å²) in [6.45, 7) is 6.77. The van der Waals surface area contributed by atoms with Crippen molar-refractivity contribution >= 4 is 0 Å². The van der Waals surface area contributed by atoms with Gasteiger partial charge in [-0.1, -0.05) is 25.1 Å². The Hall–Kier alpha value is -1.10. The third-order valence-corrected chi connectivity index (χ3v) is 3.40. The van der Waals surface area contributed by atoms with Gasteiger partial charge in [0.1, 0.15) is 12.4 Å². The largest absolute Gasteiger partial charge is 0.491 e. The highest BCUT2D eigenvalue weighted by Crippen LogP contribution is 2.18. The average Bonchev–Trinajstić information content (AvgIpc) is 2.51. The number of nitrogens with one attached hydrogen (secondary N) is 1. The molecule has 0 unspecified atom stereocenters. The van der Waals surface area contributed by atoms with Gasteiger partial charge >= 0.3 is 0 Å². The molecule has 1 heterocycles. The van der Waals surface area contributed by atoms with Crippen LogP contribution < -0.4 is 10.1 Å². The molecule has 112 valence electrons. The van der Waals surface area contributed by atoms with Gasteiger partial charge in [-0.3, -0.25) is 0 Å². The van der Waals surface area contributed by atoms with Gasteiger partial charge in [-0.25, -0.2) is 0 Å². The molecule has 1 N–H and O–H groups in total. The van der Waals surface area contributed by atoms with Gasteiger partial charge < -0.3 is 19.5 Å². The SMILES string of the molecule is CCNCc1ccccc1OCCOC1CCOCC1. The number of rotatable bonds is 8. The first kappa shape index (κ1) is 15.3. The predicted molar refractivity (Wildman–Crippen MR) is 79.1 cm³/mol. The molecule has 0 saturated carbocycles. The molecule has 4 heteroatoms. The van der Waals surface area contributed by atoms with Crippen LogP contribution in [0, 0.1) is 0 Å². The number of hydrogen-bond donors (Lipinski definition) is 1. The van der Waals surface area contributed by atoms with Crippen molar-refractivity contribution in [3.05, 3.63) is 29.8 Å². The Morgan fingerprint density at radius 2 is 2.00 bits per heavy atom. The highest BCUT2D eigenvalue weighted by Gasteiger charge is 2.13. The Morgan fingerprint density at radius 3 is 2.80 bits per heavy atom. The van der Waals surface area contributed by atoms with E-state index in [4.69, 9.17) is 14.2 Å². The van der Waals surface area contributed by atoms with Crippen LogP contribution in [0.5, 0.6) is 5.75 Å². The van der Waals surface area contributed by atoms with Crippen LogP contribution in [0.15, 0.2) is 24.3 Å². The fourth-order valence-corrected chi connectivity index (χ4v) is 2.26. The van der Waals surface area contributed by atoms with E-state index in [1.807, 2.05) is 18.2 Å². The summed E-state index contributed by atoms with van der Waals surface area (Å²) in [5.74, 6) is 0.948. The van der Waals surface area contributed by atoms with Crippen molar-refractivity contribution in [2.45, 2.75) is 32.4 Å². The molecule has 0 radical (unpaired) electrons. The maximum Gasteiger partial charge on any atom is 0.123 e. The van der Waals surface area contributed by atoms with Gasteiger partial charge in [0, 0.05) is 25.3 Å². The van der Waals surface area contributed by atoms with Crippen molar-refractivity contribution in [1.29, 1.82) is 0 Å². The summed E-state index contributed by atoms with van der Waals surface area (Å²) in [6, 6.07) is 8.15. The van der Waals surface area contributed by atoms with Crippen LogP contribution in [-0.2, 0) is 16.0 Å². The Labute approximate surface area is 121 Å². The first-order chi connectivity index (χ1) is 9.90. The van der Waals surface area contributed by atoms with Crippen LogP contribution in [-0.4, -0.2) is 39.1 Å². The molecule has 0 spiro atoms. The van der Waals surface area contributed by atoms with E-state index >= 15 is 0 Å². The minimum atomic E-state index is 0.337. The zero-order chi connectivity index (χ0) is 14.0. The standard InChI is InChI=1S/C16H25NO3/c1-2-17-13-14-5-3-4-6-16(14)20-12-11-19-15-7-9-18-10-8-15/h3-6,15,17H,2,7-13H2,1H3. The van der Waals surface area contributed by atoms with Crippen LogP contribution in [0.2, 0.25) is 0 Å². The van der Waals surface area contributed by atoms with E-state index in [0.29, 0.717) is 19.3 Å². The summed E-state index contributed by atoms with van der Waals surface area (Å²) >= 11 is 0. The van der Waals surface area contributed by atoms with Crippen molar-refractivity contribution in [3.63, 3.8) is 0 Å². The molecule has 0 aromatic heterocycles. The highest BCUT2D eigenvalue weighted by atomic mass is 16.5. The minimum absolute atomic E-state index is 0.337. The normalized spacial score (nSPS) is 16.2. The lowest BCUT2D eigenvalue weighted by atomic mass is 10.2. The summed E-state index contributed by atoms with van der Waals surface area (Å²) in [6.07, 6.45) is 2.33. The smallest absolute Gasteiger partial charge is 0.123 e. The molecule has 1 saturated heterocycles. The van der Waals surface area contributed by atoms with E-state index < -0.39 is 0 Å². The molecule has 1 aromatic rings. The molecule has 1 aliphatic heterocycles. The number of hydrogen-bond acceptors (Lipinski definition) is 4. The van der Waals surface area contributed by atoms with E-state index in [9.17, 15) is 0 Å². The summed E-state index contributed by atoms with van der Waals surface area (Å²) in [5, 5.41) is 3.32. The van der Waals surface area contributed by atoms with Gasteiger partial charge in [-0.2, -0.15) is 0 Å². The molecule has 20 heavy (non-hydrogen) atoms. The van der Waals surface area contributed by atoms with Crippen LogP contribution >= 0.6 is 0 Å². The van der Waals surface area contributed by atoms with Gasteiger partial charge in [0.25, 0.3) is 0 Å². The molecule has 0 atom stereocenters. The van der Waals surface area contributed by atoms with E-state index in [1.54, 1.807) is 0 Å². The lowest BCUT2D eigenvalue weighted by Crippen LogP contribution is -2.25. The Bertz CT molecular complexity index is 378. The topological polar surface area (TPSA) is 39.7 Å². The summed E-state index contributed by atoms with van der Waals surface area (Å²) in [7, 11) is 0. The first-order valence-electron chi connectivity index (χ1n) is 7.51. The summed E-state index contributed by atoms with van der Waals surface area (Å²) in [4.78, 5) is 0. The molecular formula is C16H25NO3. The van der Waals surface area contributed by atoms with Gasteiger partial charge in [0.05, 0.1) is 12.7 Å². The second kappa shape index (κ2) is 8.95. The average molecular weight is 279 g/mol. The van der Waals surface area contributed by atoms with Gasteiger partial charge in [0.2, 0.25) is 0 Å². The Morgan fingerprint density at radius 1 is 1.20 bits per heavy atom. The van der Waals surface area contributed by atoms with E-state index in [2.05, 4.69) is 18.3 Å². The molecule has 1 fully saturated rings. The van der Waals surface area contributed by atoms with Crippen molar-refractivity contribution < 1.29 is 14.2 Å². The lowest BCUT2D eigenvalue weighted by molar-refractivity contribution is -0.0388. The molecule has 1 aromatic carbocycles. The zero-order valence-corrected chi connectivity index (χ0v) is 12.3. The quantitative estimate of drug-likeness (QED) is 0.742. The van der Waals surface area contributed by atoms with Crippen molar-refractivity contribution in [1.82, 2.24) is 5.32 Å². The summed E-state index contributed by atoms with van der Waals surface area (Å²) in [5.41, 5.74) is 1.19. The lowest BCUT2D eigenvalue weighted by Gasteiger charge is -2.22. The predicted octanol–water partition coefficient (Wildman–Crippen LogP) is 2.37. The fraction of sp³-hybridized carbons (Fsp3) is 0.625. The maximum atomic E-state index is 5.83. The van der Waals surface area contributed by atoms with Crippen LogP contribution in [0.3, 0.4) is 0 Å². The van der Waals surface area contributed by atoms with Crippen LogP contribution in [0.4, 0.5) is 0 Å². The number of para-hydroxylation sites is 1. The monoisotopic (exact) mass is 279 g/mol. The highest BCUT2D eigenvalue weighted by molar-refractivity contribution is 5.33. The van der Waals surface area contributed by atoms with E-state index in [1.165, 1.54) is 5.56 Å². The second-order valence-corrected chi connectivity index (χ2v) is 4.92. The third kappa shape index (κ3) is 5.12. The molecule has 0 aliphatic carbocycles. The van der Waals surface area contributed by atoms with E-state index in [0.717, 1.165) is 44.9 Å². The van der Waals surface area contributed by atoms with E-state index in [-0.39, 0.29) is 0 Å². The van der Waals surface area contributed by atoms with Gasteiger partial charge in [-0.15, -0.1) is 0 Å². The Balaban J connectivity index is 1.70. The van der Waals surface area contributed by atoms with Gasteiger partial charge in [0.15, 0.2) is 0 Å². The molecule has 2 rings (SSSR count). The summed E-state index contributed by atoms with van der Waals surface area (Å²) < 4.78 is 16.9. The first-order valence-corrected chi connectivity index (χ1v) is 7.51. The maximum absolute atomic E-state index is 5.83. The van der Waals surface area contributed by atoms with Gasteiger partial charge in [-0.05, 0) is 25.5 Å². The zero-order valence-electron chi connectivity index (χ0n) is 12.3. The minimum Gasteiger partial charge on any atom is -0.491 e. The third-order valence-electron chi connectivity index (χ3n) is 3.40. The number of ether oxygens (including phenoxy) is 3. The molecule has 1 aliphatic rings. The van der Waals surface area contributed by atoms with Crippen LogP contribution in [0.25, 0.3) is 0 Å². The molecular weight excluding hydrogens is 254 g/mol. The van der Waals surface area contributed by atoms with Crippen molar-refractivity contribution in [2.24, 2.45) is 0 Å². The Kier molecular flexibility index (Phi) is 6.84. The van der Waals surface area contributed by atoms with Crippen LogP contribution in [0.1, 0.15) is 25.3 Å². The molecule has 0 amide bonds. The fourth-order valence-electron chi connectivity index (χ4n) is 2.26. The number of benzene rings is 1. The second-order valence-electron chi connectivity index (χ2n) is 4.92.